The molecule has 4 rings (SSSR count). The molecule has 154 valence electrons. The Bertz CT molecular complexity index is 735. The van der Waals surface area contributed by atoms with Crippen LogP contribution in [0.3, 0.4) is 0 Å². The lowest BCUT2D eigenvalue weighted by Gasteiger charge is -2.58. The molecule has 0 aliphatic heterocycles. The van der Waals surface area contributed by atoms with Gasteiger partial charge in [0.25, 0.3) is 0 Å². The molecule has 1 N–H and O–H groups in total. The molecular weight excluding hydrogens is 352 g/mol. The molecule has 0 aromatic carbocycles. The Morgan fingerprint density at radius 3 is 2.75 bits per heavy atom. The molecule has 3 saturated carbocycles. The van der Waals surface area contributed by atoms with Crippen molar-refractivity contribution < 1.29 is 19.4 Å². The number of ketones is 2. The maximum atomic E-state index is 12.9. The van der Waals surface area contributed by atoms with E-state index < -0.39 is 6.10 Å². The Kier molecular flexibility index (Phi) is 4.95. The summed E-state index contributed by atoms with van der Waals surface area (Å²) in [6.07, 6.45) is 9.68. The van der Waals surface area contributed by atoms with Crippen LogP contribution >= 0.6 is 0 Å². The van der Waals surface area contributed by atoms with Gasteiger partial charge in [-0.15, -0.1) is 0 Å². The van der Waals surface area contributed by atoms with Crippen LogP contribution < -0.4 is 0 Å². The lowest BCUT2D eigenvalue weighted by molar-refractivity contribution is -0.143. The zero-order chi connectivity index (χ0) is 20.3. The fraction of sp³-hybridized carbons (Fsp3) is 0.750. The van der Waals surface area contributed by atoms with Gasteiger partial charge in [-0.3, -0.25) is 9.59 Å². The number of Topliss-reactive ketones (excluding diaryl/α,β-unsaturated/α-hetero) is 1. The molecular formula is C24H34O4. The van der Waals surface area contributed by atoms with Gasteiger partial charge in [-0.2, -0.15) is 0 Å². The molecule has 0 aromatic rings. The Morgan fingerprint density at radius 1 is 1.29 bits per heavy atom. The summed E-state index contributed by atoms with van der Waals surface area (Å²) in [4.78, 5) is 24.8. The van der Waals surface area contributed by atoms with Crippen molar-refractivity contribution in [2.24, 2.45) is 34.5 Å². The van der Waals surface area contributed by atoms with Gasteiger partial charge in [0, 0.05) is 17.3 Å². The van der Waals surface area contributed by atoms with Gasteiger partial charge in [-0.25, -0.2) is 0 Å². The minimum absolute atomic E-state index is 0.0138. The molecule has 0 bridgehead atoms. The minimum atomic E-state index is -0.447. The van der Waals surface area contributed by atoms with Crippen LogP contribution in [0, 0.1) is 34.5 Å². The van der Waals surface area contributed by atoms with Gasteiger partial charge in [0.15, 0.2) is 11.6 Å². The minimum Gasteiger partial charge on any atom is -0.393 e. The lowest BCUT2D eigenvalue weighted by Crippen LogP contribution is -2.56. The van der Waals surface area contributed by atoms with Crippen LogP contribution in [0.2, 0.25) is 0 Å². The van der Waals surface area contributed by atoms with E-state index in [1.54, 1.807) is 12.2 Å². The first-order valence-electron chi connectivity index (χ1n) is 10.9. The molecule has 0 unspecified atom stereocenters. The van der Waals surface area contributed by atoms with Crippen LogP contribution in [0.5, 0.6) is 0 Å². The van der Waals surface area contributed by atoms with E-state index in [-0.39, 0.29) is 46.9 Å². The number of fused-ring (bicyclic) bond motifs is 5. The van der Waals surface area contributed by atoms with Crippen molar-refractivity contribution in [3.63, 3.8) is 0 Å². The normalized spacial score (nSPS) is 44.7. The maximum Gasteiger partial charge on any atom is 0.178 e. The second-order valence-corrected chi connectivity index (χ2v) is 10.3. The van der Waals surface area contributed by atoms with E-state index in [0.29, 0.717) is 18.3 Å². The van der Waals surface area contributed by atoms with Gasteiger partial charge in [0.2, 0.25) is 0 Å². The first-order valence-corrected chi connectivity index (χ1v) is 10.9. The first-order chi connectivity index (χ1) is 13.2. The van der Waals surface area contributed by atoms with Gasteiger partial charge < -0.3 is 9.84 Å². The summed E-state index contributed by atoms with van der Waals surface area (Å²) in [5.41, 5.74) is 0.796. The highest BCUT2D eigenvalue weighted by molar-refractivity contribution is 6.01. The molecule has 4 aliphatic carbocycles. The largest absolute Gasteiger partial charge is 0.393 e. The van der Waals surface area contributed by atoms with Crippen molar-refractivity contribution in [1.82, 2.24) is 0 Å². The molecule has 0 aromatic heterocycles. The highest BCUT2D eigenvalue weighted by Crippen LogP contribution is 2.66. The molecule has 4 aliphatic rings. The molecule has 0 heterocycles. The van der Waals surface area contributed by atoms with Crippen LogP contribution in [0.15, 0.2) is 23.8 Å². The van der Waals surface area contributed by atoms with Crippen molar-refractivity contribution in [2.45, 2.75) is 72.0 Å². The number of hydrogen-bond acceptors (Lipinski definition) is 4. The Morgan fingerprint density at radius 2 is 2.04 bits per heavy atom. The monoisotopic (exact) mass is 386 g/mol. The molecule has 0 saturated heterocycles. The highest BCUT2D eigenvalue weighted by Gasteiger charge is 2.62. The SMILES string of the molecule is CC(C)OCC(=O)[C@H]1CC[C@H]2[C@@H]3CCC4=CC(=O)C=C[C@]4(C)[C@H]3[C@@H](O)C[C@]12C. The third-order valence-electron chi connectivity index (χ3n) is 8.44. The first kappa shape index (κ1) is 20.0. The van der Waals surface area contributed by atoms with Crippen molar-refractivity contribution in [3.05, 3.63) is 23.8 Å². The van der Waals surface area contributed by atoms with Crippen molar-refractivity contribution in [3.8, 4) is 0 Å². The number of aliphatic hydroxyl groups excluding tert-OH is 1. The summed E-state index contributed by atoms with van der Waals surface area (Å²) >= 11 is 0. The number of allylic oxidation sites excluding steroid dienone is 4. The molecule has 4 nitrogen and oxygen atoms in total. The number of ether oxygens (including phenoxy) is 1. The van der Waals surface area contributed by atoms with E-state index in [2.05, 4.69) is 13.8 Å². The number of carbonyl (C=O) groups is 2. The van der Waals surface area contributed by atoms with Crippen LogP contribution in [0.4, 0.5) is 0 Å². The summed E-state index contributed by atoms with van der Waals surface area (Å²) in [5, 5.41) is 11.3. The second-order valence-electron chi connectivity index (χ2n) is 10.3. The van der Waals surface area contributed by atoms with Crippen LogP contribution in [-0.4, -0.2) is 35.5 Å². The Balaban J connectivity index is 1.61. The fourth-order valence-corrected chi connectivity index (χ4v) is 7.20. The summed E-state index contributed by atoms with van der Waals surface area (Å²) in [6.45, 7) is 8.52. The second kappa shape index (κ2) is 6.91. The number of hydrogen-bond donors (Lipinski definition) is 1. The van der Waals surface area contributed by atoms with Crippen LogP contribution in [0.25, 0.3) is 0 Å². The van der Waals surface area contributed by atoms with Gasteiger partial charge in [0.05, 0.1) is 12.2 Å². The van der Waals surface area contributed by atoms with Gasteiger partial charge >= 0.3 is 0 Å². The van der Waals surface area contributed by atoms with Crippen molar-refractivity contribution >= 4 is 11.6 Å². The molecule has 4 heteroatoms. The van der Waals surface area contributed by atoms with E-state index in [0.717, 1.165) is 25.7 Å². The third kappa shape index (κ3) is 2.95. The zero-order valence-corrected chi connectivity index (χ0v) is 17.6. The Hall–Kier alpha value is -1.26. The average Bonchev–Trinajstić information content (AvgIpc) is 2.96. The van der Waals surface area contributed by atoms with Crippen molar-refractivity contribution in [1.29, 1.82) is 0 Å². The zero-order valence-electron chi connectivity index (χ0n) is 17.6. The topological polar surface area (TPSA) is 63.6 Å². The maximum absolute atomic E-state index is 12.9. The van der Waals surface area contributed by atoms with E-state index in [4.69, 9.17) is 4.74 Å². The molecule has 0 amide bonds. The summed E-state index contributed by atoms with van der Waals surface area (Å²) in [5.74, 6) is 1.25. The van der Waals surface area contributed by atoms with Crippen LogP contribution in [0.1, 0.15) is 59.8 Å². The van der Waals surface area contributed by atoms with Gasteiger partial charge in [-0.1, -0.05) is 25.5 Å². The quantitative estimate of drug-likeness (QED) is 0.796. The number of carbonyl (C=O) groups excluding carboxylic acids is 2. The van der Waals surface area contributed by atoms with E-state index >= 15 is 0 Å². The number of rotatable bonds is 4. The highest BCUT2D eigenvalue weighted by atomic mass is 16.5. The molecule has 3 fully saturated rings. The fourth-order valence-electron chi connectivity index (χ4n) is 7.20. The Labute approximate surface area is 168 Å². The number of aliphatic hydroxyl groups is 1. The van der Waals surface area contributed by atoms with Gasteiger partial charge in [0.1, 0.15) is 6.61 Å². The molecule has 7 atom stereocenters. The predicted octanol–water partition coefficient (Wildman–Crippen LogP) is 3.88. The molecule has 0 radical (unpaired) electrons. The molecule has 28 heavy (non-hydrogen) atoms. The van der Waals surface area contributed by atoms with E-state index in [9.17, 15) is 14.7 Å². The summed E-state index contributed by atoms with van der Waals surface area (Å²) in [7, 11) is 0. The van der Waals surface area contributed by atoms with Gasteiger partial charge in [-0.05, 0) is 75.4 Å². The van der Waals surface area contributed by atoms with Crippen LogP contribution in [-0.2, 0) is 14.3 Å². The average molecular weight is 387 g/mol. The predicted molar refractivity (Wildman–Crippen MR) is 108 cm³/mol. The van der Waals surface area contributed by atoms with Crippen molar-refractivity contribution in [2.75, 3.05) is 6.61 Å². The van der Waals surface area contributed by atoms with E-state index in [1.165, 1.54) is 5.57 Å². The summed E-state index contributed by atoms with van der Waals surface area (Å²) in [6, 6.07) is 0. The summed E-state index contributed by atoms with van der Waals surface area (Å²) < 4.78 is 5.61. The van der Waals surface area contributed by atoms with E-state index in [1.807, 2.05) is 19.9 Å². The third-order valence-corrected chi connectivity index (χ3v) is 8.44. The molecule has 0 spiro atoms. The standard InChI is InChI=1S/C24H34O4/c1-14(2)28-13-21(27)19-8-7-18-17-6-5-15-11-16(25)9-10-23(15,3)22(17)20(26)12-24(18,19)4/h9-11,14,17-20,22,26H,5-8,12-13H2,1-4H3/t17-,18-,19+,20-,22+,23-,24-/m0/s1. The lowest BCUT2D eigenvalue weighted by atomic mass is 9.46. The smallest absolute Gasteiger partial charge is 0.178 e.